The van der Waals surface area contributed by atoms with Gasteiger partial charge in [0.2, 0.25) is 0 Å². The zero-order valence-corrected chi connectivity index (χ0v) is 11.8. The highest BCUT2D eigenvalue weighted by Crippen LogP contribution is 2.23. The third kappa shape index (κ3) is 3.00. The fourth-order valence-corrected chi connectivity index (χ4v) is 2.54. The molecular formula is C14H20N2OS. The molecule has 0 aliphatic carbocycles. The number of nitrogens with zero attached hydrogens (tertiary/aromatic N) is 1. The van der Waals surface area contributed by atoms with E-state index in [1.165, 1.54) is 5.56 Å². The van der Waals surface area contributed by atoms with Crippen molar-refractivity contribution in [1.82, 2.24) is 0 Å². The minimum Gasteiger partial charge on any atom is -0.389 e. The van der Waals surface area contributed by atoms with E-state index in [2.05, 4.69) is 24.1 Å². The summed E-state index contributed by atoms with van der Waals surface area (Å²) in [6, 6.07) is 6.21. The average Bonchev–Trinajstić information content (AvgIpc) is 2.81. The first-order chi connectivity index (χ1) is 8.58. The van der Waals surface area contributed by atoms with Gasteiger partial charge in [0.15, 0.2) is 0 Å². The Bertz CT molecular complexity index is 441. The molecular weight excluding hydrogens is 244 g/mol. The lowest BCUT2D eigenvalue weighted by Gasteiger charge is -2.25. The van der Waals surface area contributed by atoms with Crippen LogP contribution in [0.1, 0.15) is 24.0 Å². The predicted octanol–water partition coefficient (Wildman–Crippen LogP) is 2.24. The molecule has 1 unspecified atom stereocenters. The Hall–Kier alpha value is -1.13. The van der Waals surface area contributed by atoms with Crippen LogP contribution in [0.3, 0.4) is 0 Å². The fraction of sp³-hybridized carbons (Fsp3) is 0.500. The van der Waals surface area contributed by atoms with Gasteiger partial charge in [-0.25, -0.2) is 0 Å². The van der Waals surface area contributed by atoms with Crippen molar-refractivity contribution >= 4 is 22.9 Å². The van der Waals surface area contributed by atoms with Crippen molar-refractivity contribution in [2.75, 3.05) is 25.1 Å². The molecule has 2 N–H and O–H groups in total. The zero-order valence-electron chi connectivity index (χ0n) is 11.0. The van der Waals surface area contributed by atoms with Crippen LogP contribution in [0, 0.1) is 6.92 Å². The van der Waals surface area contributed by atoms with Crippen LogP contribution in [0.15, 0.2) is 18.2 Å². The first-order valence-electron chi connectivity index (χ1n) is 6.31. The summed E-state index contributed by atoms with van der Waals surface area (Å²) in [5.74, 6) is 0. The Balaban J connectivity index is 2.17. The first kappa shape index (κ1) is 13.3. The Labute approximate surface area is 114 Å². The van der Waals surface area contributed by atoms with Crippen LogP contribution in [-0.4, -0.2) is 31.3 Å². The van der Waals surface area contributed by atoms with Gasteiger partial charge < -0.3 is 15.4 Å². The number of hydrogen-bond donors (Lipinski definition) is 1. The third-order valence-corrected chi connectivity index (χ3v) is 3.55. The van der Waals surface area contributed by atoms with E-state index in [9.17, 15) is 0 Å². The molecule has 98 valence electrons. The summed E-state index contributed by atoms with van der Waals surface area (Å²) in [5.41, 5.74) is 9.01. The number of benzene rings is 1. The van der Waals surface area contributed by atoms with Gasteiger partial charge in [-0.3, -0.25) is 0 Å². The molecule has 1 fully saturated rings. The van der Waals surface area contributed by atoms with Gasteiger partial charge >= 0.3 is 0 Å². The minimum absolute atomic E-state index is 0.329. The summed E-state index contributed by atoms with van der Waals surface area (Å²) in [7, 11) is 2.06. The largest absolute Gasteiger partial charge is 0.389 e. The number of hydrogen-bond acceptors (Lipinski definition) is 3. The quantitative estimate of drug-likeness (QED) is 0.847. The zero-order chi connectivity index (χ0) is 13.1. The van der Waals surface area contributed by atoms with Gasteiger partial charge in [-0.05, 0) is 31.9 Å². The van der Waals surface area contributed by atoms with E-state index in [1.54, 1.807) is 0 Å². The molecule has 18 heavy (non-hydrogen) atoms. The van der Waals surface area contributed by atoms with Crippen molar-refractivity contribution in [3.8, 4) is 0 Å². The number of likely N-dealkylation sites (N-methyl/N-ethyl adjacent to an activating group) is 1. The third-order valence-electron chi connectivity index (χ3n) is 3.33. The van der Waals surface area contributed by atoms with E-state index in [-0.39, 0.29) is 0 Å². The van der Waals surface area contributed by atoms with Crippen LogP contribution in [0.5, 0.6) is 0 Å². The molecule has 0 aromatic heterocycles. The minimum atomic E-state index is 0.329. The van der Waals surface area contributed by atoms with Crippen molar-refractivity contribution in [1.29, 1.82) is 0 Å². The molecule has 1 aromatic carbocycles. The Kier molecular flexibility index (Phi) is 4.19. The van der Waals surface area contributed by atoms with E-state index in [1.807, 2.05) is 13.0 Å². The predicted molar refractivity (Wildman–Crippen MR) is 79.3 cm³/mol. The second kappa shape index (κ2) is 5.67. The summed E-state index contributed by atoms with van der Waals surface area (Å²) in [5, 5.41) is 0. The molecule has 2 rings (SSSR count). The lowest BCUT2D eigenvalue weighted by atomic mass is 10.1. The summed E-state index contributed by atoms with van der Waals surface area (Å²) >= 11 is 5.13. The SMILES string of the molecule is Cc1ccc(N(C)CC2CCCO2)c(C(N)=S)c1. The molecule has 0 saturated carbocycles. The van der Waals surface area contributed by atoms with Crippen LogP contribution in [0.25, 0.3) is 0 Å². The van der Waals surface area contributed by atoms with Gasteiger partial charge in [0.25, 0.3) is 0 Å². The van der Waals surface area contributed by atoms with E-state index < -0.39 is 0 Å². The first-order valence-corrected chi connectivity index (χ1v) is 6.72. The van der Waals surface area contributed by atoms with Crippen LogP contribution in [0.4, 0.5) is 5.69 Å². The maximum Gasteiger partial charge on any atom is 0.106 e. The van der Waals surface area contributed by atoms with Crippen molar-refractivity contribution in [2.45, 2.75) is 25.9 Å². The lowest BCUT2D eigenvalue weighted by Crippen LogP contribution is -2.30. The second-order valence-corrected chi connectivity index (χ2v) is 5.34. The second-order valence-electron chi connectivity index (χ2n) is 4.90. The van der Waals surface area contributed by atoms with Gasteiger partial charge in [-0.2, -0.15) is 0 Å². The number of aryl methyl sites for hydroxylation is 1. The molecule has 1 aliphatic rings. The lowest BCUT2D eigenvalue weighted by molar-refractivity contribution is 0.116. The number of rotatable bonds is 4. The van der Waals surface area contributed by atoms with Crippen molar-refractivity contribution < 1.29 is 4.74 Å². The van der Waals surface area contributed by atoms with Crippen molar-refractivity contribution in [2.24, 2.45) is 5.73 Å². The molecule has 1 atom stereocenters. The molecule has 1 heterocycles. The number of thiocarbonyl (C=S) groups is 1. The van der Waals surface area contributed by atoms with E-state index in [4.69, 9.17) is 22.7 Å². The Morgan fingerprint density at radius 2 is 2.33 bits per heavy atom. The number of anilines is 1. The monoisotopic (exact) mass is 264 g/mol. The number of nitrogens with two attached hydrogens (primary N) is 1. The van der Waals surface area contributed by atoms with E-state index in [0.717, 1.165) is 37.2 Å². The number of ether oxygens (including phenoxy) is 1. The highest BCUT2D eigenvalue weighted by molar-refractivity contribution is 7.80. The standard InChI is InChI=1S/C14H20N2OS/c1-10-5-6-13(12(8-10)14(15)18)16(2)9-11-4-3-7-17-11/h5-6,8,11H,3-4,7,9H2,1-2H3,(H2,15,18). The van der Waals surface area contributed by atoms with Gasteiger partial charge in [0.1, 0.15) is 4.99 Å². The summed E-state index contributed by atoms with van der Waals surface area (Å²) in [6.45, 7) is 3.82. The molecule has 3 nitrogen and oxygen atoms in total. The summed E-state index contributed by atoms with van der Waals surface area (Å²) in [6.07, 6.45) is 2.63. The van der Waals surface area contributed by atoms with Gasteiger partial charge in [-0.15, -0.1) is 0 Å². The van der Waals surface area contributed by atoms with Crippen LogP contribution < -0.4 is 10.6 Å². The van der Waals surface area contributed by atoms with E-state index in [0.29, 0.717) is 11.1 Å². The van der Waals surface area contributed by atoms with Crippen LogP contribution in [-0.2, 0) is 4.74 Å². The highest BCUT2D eigenvalue weighted by Gasteiger charge is 2.19. The Morgan fingerprint density at radius 3 is 2.94 bits per heavy atom. The topological polar surface area (TPSA) is 38.5 Å². The Morgan fingerprint density at radius 1 is 1.56 bits per heavy atom. The van der Waals surface area contributed by atoms with Crippen LogP contribution in [0.2, 0.25) is 0 Å². The summed E-state index contributed by atoms with van der Waals surface area (Å²) in [4.78, 5) is 2.64. The maximum absolute atomic E-state index is 5.80. The molecule has 0 spiro atoms. The molecule has 1 saturated heterocycles. The van der Waals surface area contributed by atoms with Crippen molar-refractivity contribution in [3.05, 3.63) is 29.3 Å². The molecule has 0 radical (unpaired) electrons. The molecule has 0 amide bonds. The smallest absolute Gasteiger partial charge is 0.106 e. The van der Waals surface area contributed by atoms with Crippen molar-refractivity contribution in [3.63, 3.8) is 0 Å². The van der Waals surface area contributed by atoms with E-state index >= 15 is 0 Å². The molecule has 1 aromatic rings. The average molecular weight is 264 g/mol. The fourth-order valence-electron chi connectivity index (χ4n) is 2.37. The van der Waals surface area contributed by atoms with Crippen LogP contribution >= 0.6 is 12.2 Å². The molecule has 1 aliphatic heterocycles. The molecule has 0 bridgehead atoms. The highest BCUT2D eigenvalue weighted by atomic mass is 32.1. The maximum atomic E-state index is 5.80. The summed E-state index contributed by atoms with van der Waals surface area (Å²) < 4.78 is 5.66. The molecule has 4 heteroatoms. The van der Waals surface area contributed by atoms with Gasteiger partial charge in [0, 0.05) is 31.5 Å². The normalized spacial score (nSPS) is 18.9. The van der Waals surface area contributed by atoms with Gasteiger partial charge in [-0.1, -0.05) is 23.8 Å². The van der Waals surface area contributed by atoms with Gasteiger partial charge in [0.05, 0.1) is 6.10 Å².